The molecule has 0 aliphatic rings. The molecule has 3 aromatic rings. The summed E-state index contributed by atoms with van der Waals surface area (Å²) in [7, 11) is -3.79. The van der Waals surface area contributed by atoms with Gasteiger partial charge in [0.25, 0.3) is 0 Å². The van der Waals surface area contributed by atoms with Gasteiger partial charge in [0.1, 0.15) is 5.82 Å². The number of benzene rings is 3. The molecule has 0 aliphatic heterocycles. The van der Waals surface area contributed by atoms with Crippen LogP contribution in [0.2, 0.25) is 0 Å². The predicted octanol–water partition coefficient (Wildman–Crippen LogP) is 5.47. The molecule has 0 spiro atoms. The molecule has 0 heterocycles. The van der Waals surface area contributed by atoms with Crippen molar-refractivity contribution in [1.29, 1.82) is 0 Å². The molecule has 29 heavy (non-hydrogen) atoms. The number of hydrogen-bond acceptors (Lipinski definition) is 3. The smallest absolute Gasteiger partial charge is 0.419 e. The number of rotatable bonds is 6. The lowest BCUT2D eigenvalue weighted by Gasteiger charge is -2.16. The Bertz CT molecular complexity index is 1020. The van der Waals surface area contributed by atoms with E-state index in [1.165, 1.54) is 30.3 Å². The molecule has 9 heteroatoms. The molecule has 0 aliphatic carbocycles. The van der Waals surface area contributed by atoms with Gasteiger partial charge < -0.3 is 9.87 Å². The summed E-state index contributed by atoms with van der Waals surface area (Å²) >= 11 is 0. The second-order valence-corrected chi connectivity index (χ2v) is 7.81. The molecule has 0 aromatic heterocycles. The maximum Gasteiger partial charge on any atom is 0.419 e. The molecule has 0 saturated heterocycles. The SMILES string of the molecule is O=[S+]([O-])(Nc1ccccc1)c1ccc(NCc2cccc(C(F)(F)F)c2F)cc1. The van der Waals surface area contributed by atoms with Gasteiger partial charge in [0.05, 0.1) is 11.3 Å². The Morgan fingerprint density at radius 1 is 0.862 bits per heavy atom. The average molecular weight is 424 g/mol. The Morgan fingerprint density at radius 3 is 2.14 bits per heavy atom. The van der Waals surface area contributed by atoms with Crippen LogP contribution in [-0.4, -0.2) is 4.55 Å². The second-order valence-electron chi connectivity index (χ2n) is 6.13. The maximum absolute atomic E-state index is 14.1. The predicted molar refractivity (Wildman–Crippen MR) is 102 cm³/mol. The van der Waals surface area contributed by atoms with E-state index >= 15 is 0 Å². The van der Waals surface area contributed by atoms with E-state index in [0.29, 0.717) is 17.4 Å². The first-order chi connectivity index (χ1) is 13.7. The highest BCUT2D eigenvalue weighted by atomic mass is 32.3. The Hall–Kier alpha value is -2.91. The largest absolute Gasteiger partial charge is 0.588 e. The van der Waals surface area contributed by atoms with E-state index in [9.17, 15) is 26.3 Å². The number of alkyl halides is 3. The highest BCUT2D eigenvalue weighted by Crippen LogP contribution is 2.32. The summed E-state index contributed by atoms with van der Waals surface area (Å²) in [4.78, 5) is 0.0113. The fourth-order valence-electron chi connectivity index (χ4n) is 2.60. The first-order valence-electron chi connectivity index (χ1n) is 8.43. The van der Waals surface area contributed by atoms with E-state index in [2.05, 4.69) is 10.0 Å². The zero-order valence-electron chi connectivity index (χ0n) is 14.9. The van der Waals surface area contributed by atoms with Gasteiger partial charge in [0.15, 0.2) is 15.3 Å². The summed E-state index contributed by atoms with van der Waals surface area (Å²) in [5.41, 5.74) is -0.636. The molecule has 2 N–H and O–H groups in total. The van der Waals surface area contributed by atoms with Crippen LogP contribution in [0.3, 0.4) is 0 Å². The van der Waals surface area contributed by atoms with Crippen molar-refractivity contribution in [3.05, 3.63) is 89.7 Å². The van der Waals surface area contributed by atoms with Crippen LogP contribution in [0.15, 0.2) is 77.7 Å². The molecule has 0 saturated carbocycles. The minimum atomic E-state index is -4.78. The summed E-state index contributed by atoms with van der Waals surface area (Å²) in [5, 5.41) is 2.79. The summed E-state index contributed by atoms with van der Waals surface area (Å²) in [6, 6.07) is 17.0. The monoisotopic (exact) mass is 424 g/mol. The first-order valence-corrected chi connectivity index (χ1v) is 9.91. The fourth-order valence-corrected chi connectivity index (χ4v) is 3.66. The quantitative estimate of drug-likeness (QED) is 0.407. The zero-order valence-corrected chi connectivity index (χ0v) is 15.7. The molecular weight excluding hydrogens is 408 g/mol. The molecular formula is C20H16F4N2O2S. The van der Waals surface area contributed by atoms with Crippen LogP contribution in [0.25, 0.3) is 0 Å². The van der Waals surface area contributed by atoms with Crippen LogP contribution in [-0.2, 0) is 27.3 Å². The summed E-state index contributed by atoms with van der Waals surface area (Å²) in [6.07, 6.45) is -4.78. The number of nitrogens with one attached hydrogen (secondary N) is 2. The van der Waals surface area contributed by atoms with Crippen LogP contribution in [0.4, 0.5) is 28.9 Å². The van der Waals surface area contributed by atoms with E-state index in [1.54, 1.807) is 30.3 Å². The van der Waals surface area contributed by atoms with Crippen molar-refractivity contribution in [2.75, 3.05) is 10.0 Å². The van der Waals surface area contributed by atoms with Crippen LogP contribution >= 0.6 is 0 Å². The summed E-state index contributed by atoms with van der Waals surface area (Å²) < 4.78 is 79.6. The normalized spacial score (nSPS) is 13.6. The van der Waals surface area contributed by atoms with Crippen molar-refractivity contribution in [2.24, 2.45) is 0 Å². The third-order valence-electron chi connectivity index (χ3n) is 4.06. The molecule has 3 rings (SSSR count). The van der Waals surface area contributed by atoms with Crippen LogP contribution in [0.1, 0.15) is 11.1 Å². The third kappa shape index (κ3) is 5.12. The van der Waals surface area contributed by atoms with Gasteiger partial charge in [-0.15, -0.1) is 0 Å². The van der Waals surface area contributed by atoms with Crippen molar-refractivity contribution in [1.82, 2.24) is 0 Å². The van der Waals surface area contributed by atoms with E-state index in [0.717, 1.165) is 6.07 Å². The van der Waals surface area contributed by atoms with Gasteiger partial charge in [-0.2, -0.15) is 13.2 Å². The summed E-state index contributed by atoms with van der Waals surface area (Å²) in [6.45, 7) is -0.190. The topological polar surface area (TPSA) is 64.2 Å². The van der Waals surface area contributed by atoms with Gasteiger partial charge in [-0.3, -0.25) is 0 Å². The van der Waals surface area contributed by atoms with Crippen molar-refractivity contribution in [2.45, 2.75) is 17.6 Å². The molecule has 0 radical (unpaired) electrons. The summed E-state index contributed by atoms with van der Waals surface area (Å²) in [5.74, 6) is -1.33. The van der Waals surface area contributed by atoms with Gasteiger partial charge in [-0.05, 0) is 42.5 Å². The van der Waals surface area contributed by atoms with Gasteiger partial charge in [-0.1, -0.05) is 34.5 Å². The lowest BCUT2D eigenvalue weighted by molar-refractivity contribution is -0.140. The average Bonchev–Trinajstić information content (AvgIpc) is 2.67. The second kappa shape index (κ2) is 8.22. The Labute approximate surface area is 166 Å². The molecule has 1 atom stereocenters. The van der Waals surface area contributed by atoms with Crippen LogP contribution < -0.4 is 10.0 Å². The molecule has 3 aromatic carbocycles. The molecule has 0 bridgehead atoms. The van der Waals surface area contributed by atoms with Gasteiger partial charge >= 0.3 is 6.18 Å². The Morgan fingerprint density at radius 2 is 1.52 bits per heavy atom. The van der Waals surface area contributed by atoms with Crippen molar-refractivity contribution in [3.63, 3.8) is 0 Å². The minimum Gasteiger partial charge on any atom is -0.588 e. The van der Waals surface area contributed by atoms with Crippen LogP contribution in [0.5, 0.6) is 0 Å². The van der Waals surface area contributed by atoms with Gasteiger partial charge in [0.2, 0.25) is 0 Å². The molecule has 152 valence electrons. The first kappa shape index (κ1) is 20.8. The molecule has 4 nitrogen and oxygen atoms in total. The van der Waals surface area contributed by atoms with Crippen LogP contribution in [0, 0.1) is 5.82 Å². The number of anilines is 2. The number of hydrogen-bond donors (Lipinski definition) is 2. The number of halogens is 4. The molecule has 1 unspecified atom stereocenters. The highest BCUT2D eigenvalue weighted by Gasteiger charge is 2.34. The Balaban J connectivity index is 1.69. The third-order valence-corrected chi connectivity index (χ3v) is 5.45. The van der Waals surface area contributed by atoms with Crippen molar-refractivity contribution < 1.29 is 26.3 Å². The fraction of sp³-hybridized carbons (Fsp3) is 0.100. The lowest BCUT2D eigenvalue weighted by atomic mass is 10.1. The van der Waals surface area contributed by atoms with Gasteiger partial charge in [0, 0.05) is 17.8 Å². The zero-order chi connectivity index (χ0) is 21.1. The van der Waals surface area contributed by atoms with E-state index < -0.39 is 28.0 Å². The van der Waals surface area contributed by atoms with E-state index in [-0.39, 0.29) is 17.0 Å². The number of para-hydroxylation sites is 1. The van der Waals surface area contributed by atoms with Crippen molar-refractivity contribution in [3.8, 4) is 0 Å². The maximum atomic E-state index is 14.1. The van der Waals surface area contributed by atoms with E-state index in [1.807, 2.05) is 0 Å². The lowest BCUT2D eigenvalue weighted by Crippen LogP contribution is -2.20. The van der Waals surface area contributed by atoms with Gasteiger partial charge in [-0.25, -0.2) is 9.11 Å². The molecule has 0 amide bonds. The van der Waals surface area contributed by atoms with Crippen molar-refractivity contribution >= 4 is 21.8 Å². The van der Waals surface area contributed by atoms with E-state index in [4.69, 9.17) is 0 Å². The number of sulfonamides is 1. The Kier molecular flexibility index (Phi) is 5.90. The highest BCUT2D eigenvalue weighted by molar-refractivity contribution is 7.98. The molecule has 0 fully saturated rings. The standard InChI is InChI=1S/C20H16F4N2O2S/c21-19-14(5-4-8-18(19)20(22,23)24)13-25-15-9-11-17(12-10-15)29(27,28)26-16-6-2-1-3-7-16/h1-12,25H,13H2,(H-,26,27,28). The minimum absolute atomic E-state index is 0.0113.